The average molecular weight is 169 g/mol. The molecule has 12 heavy (non-hydrogen) atoms. The van der Waals surface area contributed by atoms with Gasteiger partial charge in [0.15, 0.2) is 0 Å². The van der Waals surface area contributed by atoms with Gasteiger partial charge in [0.2, 0.25) is 0 Å². The van der Waals surface area contributed by atoms with Crippen LogP contribution in [-0.2, 0) is 14.6 Å². The van der Waals surface area contributed by atoms with Gasteiger partial charge in [-0.3, -0.25) is 4.89 Å². The summed E-state index contributed by atoms with van der Waals surface area (Å²) in [5.41, 5.74) is -0.265. The average Bonchev–Trinajstić information content (AvgIpc) is 2.11. The molecule has 0 aromatic rings. The smallest absolute Gasteiger partial charge is 0.292 e. The molecule has 0 heterocycles. The van der Waals surface area contributed by atoms with Crippen molar-refractivity contribution in [2.75, 3.05) is 0 Å². The van der Waals surface area contributed by atoms with Gasteiger partial charge >= 0.3 is 5.97 Å². The Bertz CT molecular complexity index is 217. The summed E-state index contributed by atoms with van der Waals surface area (Å²) in [6.45, 7) is 6.80. The van der Waals surface area contributed by atoms with Gasteiger partial charge in [-0.1, -0.05) is 13.5 Å². The molecule has 0 N–H and O–H groups in total. The van der Waals surface area contributed by atoms with Crippen LogP contribution in [0.1, 0.15) is 20.3 Å². The Kier molecular flexibility index (Phi) is 4.73. The molecule has 0 aliphatic carbocycles. The maximum absolute atomic E-state index is 10.7. The van der Waals surface area contributed by atoms with Gasteiger partial charge in [-0.05, 0) is 13.3 Å². The zero-order valence-corrected chi connectivity index (χ0v) is 7.16. The van der Waals surface area contributed by atoms with Gasteiger partial charge in [0.25, 0.3) is 0 Å². The predicted molar refractivity (Wildman–Crippen MR) is 41.7 cm³/mol. The summed E-state index contributed by atoms with van der Waals surface area (Å²) in [5, 5.41) is 8.22. The first-order chi connectivity index (χ1) is 5.61. The van der Waals surface area contributed by atoms with Crippen molar-refractivity contribution in [2.24, 2.45) is 0 Å². The highest BCUT2D eigenvalue weighted by Crippen LogP contribution is 1.99. The van der Waals surface area contributed by atoms with E-state index in [0.717, 1.165) is 6.42 Å². The molecule has 0 bridgehead atoms. The number of hydrogen-bond acceptors (Lipinski definition) is 4. The molecule has 0 aromatic carbocycles. The molecule has 0 spiro atoms. The first-order valence-corrected chi connectivity index (χ1v) is 3.58. The van der Waals surface area contributed by atoms with E-state index in [1.54, 1.807) is 13.0 Å². The second kappa shape index (κ2) is 5.33. The quantitative estimate of drug-likeness (QED) is 0.276. The van der Waals surface area contributed by atoms with Crippen LogP contribution in [0.4, 0.5) is 0 Å². The molecule has 66 valence electrons. The van der Waals surface area contributed by atoms with Crippen molar-refractivity contribution in [1.82, 2.24) is 0 Å². The molecule has 4 heteroatoms. The van der Waals surface area contributed by atoms with Crippen LogP contribution in [-0.4, -0.2) is 12.1 Å². The number of nitriles is 1. The monoisotopic (exact) mass is 169 g/mol. The Labute approximate surface area is 71.3 Å². The fourth-order valence-corrected chi connectivity index (χ4v) is 0.290. The van der Waals surface area contributed by atoms with Gasteiger partial charge < -0.3 is 0 Å². The molecule has 0 aliphatic heterocycles. The van der Waals surface area contributed by atoms with Crippen molar-refractivity contribution in [3.63, 3.8) is 0 Å². The Morgan fingerprint density at radius 3 is 2.75 bits per heavy atom. The van der Waals surface area contributed by atoms with Crippen LogP contribution in [0.2, 0.25) is 0 Å². The minimum Gasteiger partial charge on any atom is -0.292 e. The summed E-state index contributed by atoms with van der Waals surface area (Å²) < 4.78 is 0. The molecular formula is C8H11NO3. The summed E-state index contributed by atoms with van der Waals surface area (Å²) >= 11 is 0. The van der Waals surface area contributed by atoms with E-state index in [9.17, 15) is 4.79 Å². The first-order valence-electron chi connectivity index (χ1n) is 3.58. The minimum absolute atomic E-state index is 0.166. The Hall–Kier alpha value is -1.34. The highest BCUT2D eigenvalue weighted by molar-refractivity contribution is 5.91. The van der Waals surface area contributed by atoms with Crippen molar-refractivity contribution in [2.45, 2.75) is 26.4 Å². The number of nitrogens with zero attached hydrogens (tertiary/aromatic N) is 1. The fourth-order valence-electron chi connectivity index (χ4n) is 0.290. The molecule has 0 fully saturated rings. The van der Waals surface area contributed by atoms with E-state index >= 15 is 0 Å². The Balaban J connectivity index is 3.74. The van der Waals surface area contributed by atoms with Crippen LogP contribution in [0.15, 0.2) is 12.2 Å². The normalized spacial score (nSPS) is 11.4. The van der Waals surface area contributed by atoms with Crippen molar-refractivity contribution in [3.8, 4) is 6.07 Å². The largest absolute Gasteiger partial charge is 0.382 e. The zero-order valence-electron chi connectivity index (χ0n) is 7.16. The Morgan fingerprint density at radius 1 is 1.75 bits per heavy atom. The van der Waals surface area contributed by atoms with E-state index in [0.29, 0.717) is 0 Å². The maximum atomic E-state index is 10.7. The molecule has 4 nitrogen and oxygen atoms in total. The number of hydrogen-bond donors (Lipinski definition) is 0. The highest BCUT2D eigenvalue weighted by Gasteiger charge is 2.10. The third-order valence-electron chi connectivity index (χ3n) is 1.24. The molecule has 0 amide bonds. The van der Waals surface area contributed by atoms with E-state index in [1.807, 2.05) is 6.92 Å². The lowest BCUT2D eigenvalue weighted by Gasteiger charge is -2.06. The van der Waals surface area contributed by atoms with Crippen LogP contribution in [0.5, 0.6) is 0 Å². The fraction of sp³-hybridized carbons (Fsp3) is 0.500. The lowest BCUT2D eigenvalue weighted by Crippen LogP contribution is -2.13. The van der Waals surface area contributed by atoms with Gasteiger partial charge in [0.05, 0.1) is 0 Å². The molecule has 0 rings (SSSR count). The van der Waals surface area contributed by atoms with E-state index in [1.165, 1.54) is 0 Å². The zero-order chi connectivity index (χ0) is 9.56. The van der Waals surface area contributed by atoms with Crippen molar-refractivity contribution >= 4 is 5.97 Å². The maximum Gasteiger partial charge on any atom is 0.382 e. The first kappa shape index (κ1) is 10.7. The van der Waals surface area contributed by atoms with Gasteiger partial charge in [-0.15, -0.1) is 0 Å². The lowest BCUT2D eigenvalue weighted by atomic mass is 10.3. The SMILES string of the molecule is C=C(C#N)C(=O)OOC(C)CC. The molecule has 0 aliphatic rings. The number of rotatable bonds is 4. The highest BCUT2D eigenvalue weighted by atomic mass is 17.2. The number of carbonyl (C=O) groups is 1. The van der Waals surface area contributed by atoms with E-state index in [4.69, 9.17) is 5.26 Å². The minimum atomic E-state index is -0.835. The van der Waals surface area contributed by atoms with Gasteiger partial charge in [-0.2, -0.15) is 10.1 Å². The number of carbonyl (C=O) groups excluding carboxylic acids is 1. The van der Waals surface area contributed by atoms with Crippen LogP contribution in [0, 0.1) is 11.3 Å². The summed E-state index contributed by atoms with van der Waals surface area (Å²) in [4.78, 5) is 19.6. The molecular weight excluding hydrogens is 158 g/mol. The third kappa shape index (κ3) is 3.74. The molecule has 1 atom stereocenters. The van der Waals surface area contributed by atoms with Crippen LogP contribution >= 0.6 is 0 Å². The summed E-state index contributed by atoms with van der Waals surface area (Å²) in [5.74, 6) is -0.835. The van der Waals surface area contributed by atoms with Gasteiger partial charge in [-0.25, -0.2) is 4.79 Å². The summed E-state index contributed by atoms with van der Waals surface area (Å²) in [7, 11) is 0. The van der Waals surface area contributed by atoms with Crippen molar-refractivity contribution in [1.29, 1.82) is 5.26 Å². The Morgan fingerprint density at radius 2 is 2.33 bits per heavy atom. The second-order valence-corrected chi connectivity index (χ2v) is 2.28. The summed E-state index contributed by atoms with van der Waals surface area (Å²) in [6, 6.07) is 1.56. The molecule has 1 unspecified atom stereocenters. The van der Waals surface area contributed by atoms with E-state index < -0.39 is 5.97 Å². The molecule has 0 radical (unpaired) electrons. The van der Waals surface area contributed by atoms with E-state index in [-0.39, 0.29) is 11.7 Å². The van der Waals surface area contributed by atoms with Gasteiger partial charge in [0, 0.05) is 0 Å². The molecule has 0 saturated heterocycles. The predicted octanol–water partition coefficient (Wildman–Crippen LogP) is 1.34. The van der Waals surface area contributed by atoms with Crippen molar-refractivity contribution < 1.29 is 14.6 Å². The topological polar surface area (TPSA) is 59.3 Å². The third-order valence-corrected chi connectivity index (χ3v) is 1.24. The molecule has 0 saturated carbocycles. The standard InChI is InChI=1S/C8H11NO3/c1-4-7(3)11-12-8(10)6(2)5-9/h7H,2,4H2,1,3H3. The lowest BCUT2D eigenvalue weighted by molar-refractivity contribution is -0.291. The van der Waals surface area contributed by atoms with E-state index in [2.05, 4.69) is 16.4 Å². The van der Waals surface area contributed by atoms with Crippen LogP contribution in [0.25, 0.3) is 0 Å². The van der Waals surface area contributed by atoms with Crippen molar-refractivity contribution in [3.05, 3.63) is 12.2 Å². The summed E-state index contributed by atoms with van der Waals surface area (Å²) in [6.07, 6.45) is 0.562. The second-order valence-electron chi connectivity index (χ2n) is 2.28. The van der Waals surface area contributed by atoms with Crippen LogP contribution in [0.3, 0.4) is 0 Å². The van der Waals surface area contributed by atoms with Gasteiger partial charge in [0.1, 0.15) is 17.7 Å². The molecule has 0 aromatic heterocycles. The van der Waals surface area contributed by atoms with Crippen LogP contribution < -0.4 is 0 Å².